The molecular formula is C29H38O4S. The van der Waals surface area contributed by atoms with E-state index < -0.39 is 18.0 Å². The second-order valence-corrected chi connectivity index (χ2v) is 9.83. The fourth-order valence-corrected chi connectivity index (χ4v) is 3.74. The van der Waals surface area contributed by atoms with Gasteiger partial charge in [-0.05, 0) is 92.1 Å². The van der Waals surface area contributed by atoms with Crippen LogP contribution in [0.3, 0.4) is 0 Å². The Morgan fingerprint density at radius 2 is 1.91 bits per heavy atom. The monoisotopic (exact) mass is 482 g/mol. The molecule has 0 aliphatic heterocycles. The van der Waals surface area contributed by atoms with E-state index in [2.05, 4.69) is 63.8 Å². The third-order valence-corrected chi connectivity index (χ3v) is 5.43. The van der Waals surface area contributed by atoms with Gasteiger partial charge >= 0.3 is 5.97 Å². The van der Waals surface area contributed by atoms with Gasteiger partial charge in [-0.25, -0.2) is 0 Å². The van der Waals surface area contributed by atoms with Crippen LogP contribution >= 0.6 is 11.3 Å². The zero-order valence-corrected chi connectivity index (χ0v) is 21.8. The molecule has 0 spiro atoms. The van der Waals surface area contributed by atoms with Crippen molar-refractivity contribution in [3.05, 3.63) is 64.9 Å². The van der Waals surface area contributed by atoms with Gasteiger partial charge in [0.25, 0.3) is 0 Å². The van der Waals surface area contributed by atoms with Crippen LogP contribution in [0.1, 0.15) is 52.0 Å². The number of aliphatic carboxylic acids is 1. The molecule has 2 unspecified atom stereocenters. The molecule has 2 rings (SSSR count). The fourth-order valence-electron chi connectivity index (χ4n) is 3.07. The third-order valence-electron chi connectivity index (χ3n) is 4.74. The highest BCUT2D eigenvalue weighted by Gasteiger charge is 2.24. The molecular weight excluding hydrogens is 444 g/mol. The second kappa shape index (κ2) is 16.1. The predicted molar refractivity (Wildman–Crippen MR) is 144 cm³/mol. The lowest BCUT2D eigenvalue weighted by Crippen LogP contribution is -2.27. The van der Waals surface area contributed by atoms with Crippen LogP contribution in [-0.4, -0.2) is 36.5 Å². The molecule has 0 amide bonds. The molecule has 0 fully saturated rings. The first-order chi connectivity index (χ1) is 16.2. The van der Waals surface area contributed by atoms with Crippen LogP contribution < -0.4 is 0 Å². The average Bonchev–Trinajstić information content (AvgIpc) is 3.30. The van der Waals surface area contributed by atoms with Gasteiger partial charge in [-0.3, -0.25) is 4.79 Å². The minimum absolute atomic E-state index is 0.0885. The lowest BCUT2D eigenvalue weighted by atomic mass is 9.94. The maximum absolute atomic E-state index is 11.5. The van der Waals surface area contributed by atoms with Crippen molar-refractivity contribution in [3.63, 3.8) is 0 Å². The summed E-state index contributed by atoms with van der Waals surface area (Å²) in [5.74, 6) is 4.23. The first-order valence-electron chi connectivity index (χ1n) is 11.5. The average molecular weight is 483 g/mol. The molecule has 0 bridgehead atoms. The number of thiophene rings is 1. The van der Waals surface area contributed by atoms with Crippen molar-refractivity contribution in [1.29, 1.82) is 0 Å². The highest BCUT2D eigenvalue weighted by molar-refractivity contribution is 7.08. The lowest BCUT2D eigenvalue weighted by Gasteiger charge is -2.17. The Hall–Kier alpha value is -2.65. The number of carboxylic acids is 1. The molecule has 2 aromatic rings. The molecule has 4 nitrogen and oxygen atoms in total. The van der Waals surface area contributed by atoms with Crippen molar-refractivity contribution < 1.29 is 19.7 Å². The van der Waals surface area contributed by atoms with Gasteiger partial charge in [-0.1, -0.05) is 48.3 Å². The van der Waals surface area contributed by atoms with Crippen molar-refractivity contribution in [2.75, 3.05) is 14.2 Å². The number of aliphatic hydroxyl groups is 1. The lowest BCUT2D eigenvalue weighted by molar-refractivity contribution is -0.145. The minimum atomic E-state index is -0.971. The van der Waals surface area contributed by atoms with Gasteiger partial charge in [-0.2, -0.15) is 11.3 Å². The molecule has 5 heteroatoms. The summed E-state index contributed by atoms with van der Waals surface area (Å²) in [4.78, 5) is 11.5. The molecule has 0 radical (unpaired) electrons. The van der Waals surface area contributed by atoms with Crippen molar-refractivity contribution in [2.24, 2.45) is 11.3 Å². The summed E-state index contributed by atoms with van der Waals surface area (Å²) in [6.07, 6.45) is 8.97. The van der Waals surface area contributed by atoms with Crippen molar-refractivity contribution in [1.82, 2.24) is 0 Å². The van der Waals surface area contributed by atoms with Gasteiger partial charge in [0.05, 0.1) is 12.0 Å². The van der Waals surface area contributed by atoms with E-state index in [-0.39, 0.29) is 11.8 Å². The summed E-state index contributed by atoms with van der Waals surface area (Å²) in [5.41, 5.74) is 3.47. The molecule has 2 atom stereocenters. The zero-order chi connectivity index (χ0) is 25.4. The van der Waals surface area contributed by atoms with E-state index in [0.29, 0.717) is 6.42 Å². The van der Waals surface area contributed by atoms with Crippen LogP contribution in [-0.2, 0) is 9.53 Å². The number of carbonyl (C=O) groups is 1. The van der Waals surface area contributed by atoms with Crippen LogP contribution in [0, 0.1) is 23.2 Å². The van der Waals surface area contributed by atoms with E-state index in [1.54, 1.807) is 37.7 Å². The first kappa shape index (κ1) is 29.4. The zero-order valence-electron chi connectivity index (χ0n) is 21.0. The topological polar surface area (TPSA) is 66.8 Å². The molecule has 1 aromatic heterocycles. The second-order valence-electron chi connectivity index (χ2n) is 9.05. The van der Waals surface area contributed by atoms with Crippen LogP contribution in [0.5, 0.6) is 0 Å². The van der Waals surface area contributed by atoms with Crippen LogP contribution in [0.2, 0.25) is 0 Å². The number of ether oxygens (including phenoxy) is 1. The molecule has 34 heavy (non-hydrogen) atoms. The number of benzene rings is 1. The van der Waals surface area contributed by atoms with Gasteiger partial charge in [0.1, 0.15) is 0 Å². The Labute approximate surface area is 209 Å². The van der Waals surface area contributed by atoms with Crippen molar-refractivity contribution >= 4 is 23.4 Å². The van der Waals surface area contributed by atoms with Crippen LogP contribution in [0.4, 0.5) is 0 Å². The van der Waals surface area contributed by atoms with Gasteiger partial charge in [0.15, 0.2) is 0 Å². The molecule has 2 N–H and O–H groups in total. The molecule has 0 aliphatic rings. The van der Waals surface area contributed by atoms with Crippen molar-refractivity contribution in [3.8, 4) is 23.0 Å². The fraction of sp³-hybridized carbons (Fsp3) is 0.414. The van der Waals surface area contributed by atoms with Gasteiger partial charge in [0.2, 0.25) is 0 Å². The minimum Gasteiger partial charge on any atom is -0.481 e. The highest BCUT2D eigenvalue weighted by atomic mass is 32.1. The molecule has 0 aliphatic carbocycles. The maximum Gasteiger partial charge on any atom is 0.309 e. The number of carboxylic acid groups (broad SMARTS) is 1. The number of hydrogen-bond donors (Lipinski definition) is 2. The summed E-state index contributed by atoms with van der Waals surface area (Å²) in [6, 6.07) is 10.5. The number of methoxy groups -OCH3 is 1. The third kappa shape index (κ3) is 12.6. The molecule has 1 aromatic carbocycles. The van der Waals surface area contributed by atoms with Crippen molar-refractivity contribution in [2.45, 2.75) is 52.6 Å². The van der Waals surface area contributed by atoms with E-state index in [1.165, 1.54) is 11.1 Å². The number of rotatable bonds is 10. The predicted octanol–water partition coefficient (Wildman–Crippen LogP) is 6.92. The van der Waals surface area contributed by atoms with Gasteiger partial charge in [-0.15, -0.1) is 0 Å². The summed E-state index contributed by atoms with van der Waals surface area (Å²) in [6.45, 7) is 6.06. The normalized spacial score (nSPS) is 13.1. The van der Waals surface area contributed by atoms with E-state index in [0.717, 1.165) is 18.4 Å². The molecule has 184 valence electrons. The van der Waals surface area contributed by atoms with Crippen LogP contribution in [0.15, 0.2) is 59.3 Å². The number of unbranched alkanes of at least 4 members (excludes halogenated alkanes) is 1. The van der Waals surface area contributed by atoms with Crippen LogP contribution in [0.25, 0.3) is 17.2 Å². The standard InChI is InChI=1S/C27H32O3S.C2H6O/c1-27(2,3)17-9-5-7-14-24(26(29)30)25(28)15-8-4-6-11-21-12-10-13-22(19-21)23-16-18-31-20-23;1-3-2/h5-7,10-13,16,18-20,24-25,28H,4,8,14-15H2,1-3H3,(H,29,30);1-2H3/b7-5+,11-6+;. The van der Waals surface area contributed by atoms with E-state index >= 15 is 0 Å². The smallest absolute Gasteiger partial charge is 0.309 e. The number of hydrogen-bond acceptors (Lipinski definition) is 4. The quantitative estimate of drug-likeness (QED) is 0.285. The maximum atomic E-state index is 11.5. The Kier molecular flexibility index (Phi) is 13.9. The number of allylic oxidation sites excluding steroid dienone is 3. The molecule has 0 saturated heterocycles. The largest absolute Gasteiger partial charge is 0.481 e. The van der Waals surface area contributed by atoms with E-state index in [1.807, 2.05) is 26.8 Å². The summed E-state index contributed by atoms with van der Waals surface area (Å²) in [7, 11) is 3.25. The summed E-state index contributed by atoms with van der Waals surface area (Å²) in [5, 5.41) is 24.0. The highest BCUT2D eigenvalue weighted by Crippen LogP contribution is 2.23. The molecule has 1 heterocycles. The number of aliphatic hydroxyl groups excluding tert-OH is 1. The Morgan fingerprint density at radius 3 is 2.53 bits per heavy atom. The Balaban J connectivity index is 0.00000182. The Morgan fingerprint density at radius 1 is 1.18 bits per heavy atom. The van der Waals surface area contributed by atoms with Gasteiger partial charge < -0.3 is 14.9 Å². The van der Waals surface area contributed by atoms with E-state index in [9.17, 15) is 15.0 Å². The molecule has 0 saturated carbocycles. The summed E-state index contributed by atoms with van der Waals surface area (Å²) >= 11 is 1.69. The first-order valence-corrected chi connectivity index (χ1v) is 12.4. The van der Waals surface area contributed by atoms with E-state index in [4.69, 9.17) is 0 Å². The Bertz CT molecular complexity index is 956. The van der Waals surface area contributed by atoms with Gasteiger partial charge in [0, 0.05) is 19.6 Å². The SMILES string of the molecule is CC(C)(C)C#C/C=C/CC(C(=O)O)C(O)CCC/C=C/c1cccc(-c2ccsc2)c1.COC. The summed E-state index contributed by atoms with van der Waals surface area (Å²) < 4.78 is 4.25.